The molecule has 10 heavy (non-hydrogen) atoms. The van der Waals surface area contributed by atoms with Crippen LogP contribution in [0.25, 0.3) is 0 Å². The van der Waals surface area contributed by atoms with E-state index in [1.54, 1.807) is 0 Å². The summed E-state index contributed by atoms with van der Waals surface area (Å²) in [4.78, 5) is 10.3. The van der Waals surface area contributed by atoms with Gasteiger partial charge in [-0.25, -0.2) is 0 Å². The molecule has 1 N–H and O–H groups in total. The first-order valence-corrected chi connectivity index (χ1v) is 3.09. The first-order chi connectivity index (χ1) is 4.20. The Morgan fingerprint density at radius 2 is 2.30 bits per heavy atom. The van der Waals surface area contributed by atoms with E-state index in [2.05, 4.69) is 6.58 Å². The molecule has 1 fully saturated rings. The summed E-state index contributed by atoms with van der Waals surface area (Å²) >= 11 is 0. The van der Waals surface area contributed by atoms with Gasteiger partial charge in [-0.3, -0.25) is 4.79 Å². The van der Waals surface area contributed by atoms with Crippen molar-refractivity contribution in [3.05, 3.63) is 12.2 Å². The van der Waals surface area contributed by atoms with E-state index < -0.39 is 5.97 Å². The summed E-state index contributed by atoms with van der Waals surface area (Å²) in [6.07, 6.45) is 2.38. The van der Waals surface area contributed by atoms with Crippen molar-refractivity contribution in [3.8, 4) is 0 Å². The summed E-state index contributed by atoms with van der Waals surface area (Å²) < 4.78 is 0. The van der Waals surface area contributed by atoms with Gasteiger partial charge in [-0.05, 0) is 19.3 Å². The van der Waals surface area contributed by atoms with Crippen molar-refractivity contribution < 1.29 is 9.90 Å². The van der Waals surface area contributed by atoms with Crippen molar-refractivity contribution in [1.82, 2.24) is 0 Å². The van der Waals surface area contributed by atoms with Crippen LogP contribution in [0.3, 0.4) is 0 Å². The molecule has 1 saturated carbocycles. The monoisotopic (exact) mass is 134 g/mol. The minimum atomic E-state index is -0.673. The molecule has 0 aromatic carbocycles. The maximum absolute atomic E-state index is 10.3. The summed E-state index contributed by atoms with van der Waals surface area (Å²) in [6.45, 7) is 3.72. The second-order valence-electron chi connectivity index (χ2n) is 2.53. The zero-order chi connectivity index (χ0) is 6.85. The average molecular weight is 134 g/mol. The van der Waals surface area contributed by atoms with Crippen LogP contribution in [0.2, 0.25) is 0 Å². The van der Waals surface area contributed by atoms with Gasteiger partial charge in [0, 0.05) is 0 Å². The molecule has 3 heteroatoms. The van der Waals surface area contributed by atoms with Crippen LogP contribution in [-0.2, 0) is 4.79 Å². The van der Waals surface area contributed by atoms with Gasteiger partial charge in [-0.15, -0.1) is 0 Å². The van der Waals surface area contributed by atoms with Crippen molar-refractivity contribution in [2.75, 3.05) is 0 Å². The van der Waals surface area contributed by atoms with E-state index in [-0.39, 0.29) is 24.8 Å². The summed E-state index contributed by atoms with van der Waals surface area (Å²) in [5, 5.41) is 8.49. The molecule has 0 aromatic heterocycles. The molecule has 0 bridgehead atoms. The predicted octanol–water partition coefficient (Wildman–Crippen LogP) is 0.779. The SMILES string of the molecule is C=C1CCC(C(=O)O)C1.[LiH]. The summed E-state index contributed by atoms with van der Waals surface area (Å²) in [5.41, 5.74) is 1.09. The molecule has 0 aliphatic heterocycles. The third-order valence-corrected chi connectivity index (χ3v) is 1.73. The van der Waals surface area contributed by atoms with E-state index in [0.717, 1.165) is 18.4 Å². The molecule has 0 amide bonds. The van der Waals surface area contributed by atoms with Crippen LogP contribution in [0, 0.1) is 5.92 Å². The number of carboxylic acid groups (broad SMARTS) is 1. The number of carbonyl (C=O) groups is 1. The standard InChI is InChI=1S/C7H10O2.Li.H/c1-5-2-3-6(4-5)7(8)9;;/h6H,1-4H2,(H,8,9);;. The van der Waals surface area contributed by atoms with E-state index in [0.29, 0.717) is 6.42 Å². The van der Waals surface area contributed by atoms with E-state index in [1.165, 1.54) is 0 Å². The number of hydrogen-bond acceptors (Lipinski definition) is 1. The van der Waals surface area contributed by atoms with E-state index >= 15 is 0 Å². The Hall–Kier alpha value is -0.193. The summed E-state index contributed by atoms with van der Waals surface area (Å²) in [6, 6.07) is 0. The number of rotatable bonds is 1. The Morgan fingerprint density at radius 1 is 1.70 bits per heavy atom. The van der Waals surface area contributed by atoms with Crippen molar-refractivity contribution in [2.24, 2.45) is 5.92 Å². The molecule has 0 spiro atoms. The zero-order valence-electron chi connectivity index (χ0n) is 5.26. The zero-order valence-corrected chi connectivity index (χ0v) is 5.26. The van der Waals surface area contributed by atoms with Gasteiger partial charge in [-0.2, -0.15) is 0 Å². The van der Waals surface area contributed by atoms with Crippen LogP contribution in [0.5, 0.6) is 0 Å². The van der Waals surface area contributed by atoms with Crippen molar-refractivity contribution >= 4 is 24.8 Å². The molecule has 52 valence electrons. The van der Waals surface area contributed by atoms with Crippen LogP contribution in [-0.4, -0.2) is 29.9 Å². The van der Waals surface area contributed by atoms with Crippen LogP contribution in [0.15, 0.2) is 12.2 Å². The molecule has 1 rings (SSSR count). The van der Waals surface area contributed by atoms with Crippen LogP contribution >= 0.6 is 0 Å². The number of aliphatic carboxylic acids is 1. The van der Waals surface area contributed by atoms with E-state index in [9.17, 15) is 4.79 Å². The molecule has 1 aliphatic rings. The first-order valence-electron chi connectivity index (χ1n) is 3.09. The molecule has 0 aromatic rings. The Kier molecular flexibility index (Phi) is 3.78. The third-order valence-electron chi connectivity index (χ3n) is 1.73. The van der Waals surface area contributed by atoms with Gasteiger partial charge < -0.3 is 5.11 Å². The molecule has 0 radical (unpaired) electrons. The van der Waals surface area contributed by atoms with E-state index in [4.69, 9.17) is 5.11 Å². The fourth-order valence-corrected chi connectivity index (χ4v) is 1.14. The second kappa shape index (κ2) is 3.85. The Bertz CT molecular complexity index is 154. The maximum atomic E-state index is 10.3. The van der Waals surface area contributed by atoms with Crippen LogP contribution < -0.4 is 0 Å². The Balaban J connectivity index is 0.000000810. The molecular weight excluding hydrogens is 123 g/mol. The fraction of sp³-hybridized carbons (Fsp3) is 0.571. The Labute approximate surface area is 72.5 Å². The van der Waals surface area contributed by atoms with Crippen molar-refractivity contribution in [2.45, 2.75) is 19.3 Å². The molecule has 1 aliphatic carbocycles. The fourth-order valence-electron chi connectivity index (χ4n) is 1.14. The van der Waals surface area contributed by atoms with Gasteiger partial charge in [0.25, 0.3) is 0 Å². The molecule has 0 heterocycles. The second-order valence-corrected chi connectivity index (χ2v) is 2.53. The molecule has 2 nitrogen and oxygen atoms in total. The minimum absolute atomic E-state index is 0. The van der Waals surface area contributed by atoms with Crippen LogP contribution in [0.1, 0.15) is 19.3 Å². The molecule has 1 atom stereocenters. The van der Waals surface area contributed by atoms with Crippen molar-refractivity contribution in [1.29, 1.82) is 0 Å². The molecule has 1 unspecified atom stereocenters. The van der Waals surface area contributed by atoms with Crippen LogP contribution in [0.4, 0.5) is 0 Å². The predicted molar refractivity (Wildman–Crippen MR) is 41.3 cm³/mol. The van der Waals surface area contributed by atoms with Gasteiger partial charge >= 0.3 is 24.8 Å². The first kappa shape index (κ1) is 9.81. The van der Waals surface area contributed by atoms with Gasteiger partial charge in [-0.1, -0.05) is 12.2 Å². The van der Waals surface area contributed by atoms with E-state index in [1.807, 2.05) is 0 Å². The normalized spacial score (nSPS) is 24.0. The number of carboxylic acids is 1. The third kappa shape index (κ3) is 2.21. The summed E-state index contributed by atoms with van der Waals surface area (Å²) in [5.74, 6) is -0.814. The molecule has 0 saturated heterocycles. The Morgan fingerprint density at radius 3 is 2.50 bits per heavy atom. The molecular formula is C7H11LiO2. The van der Waals surface area contributed by atoms with Crippen molar-refractivity contribution in [3.63, 3.8) is 0 Å². The number of allylic oxidation sites excluding steroid dienone is 1. The average Bonchev–Trinajstić information content (AvgIpc) is 2.14. The summed E-state index contributed by atoms with van der Waals surface area (Å²) in [7, 11) is 0. The van der Waals surface area contributed by atoms with Gasteiger partial charge in [0.05, 0.1) is 5.92 Å². The number of hydrogen-bond donors (Lipinski definition) is 1. The quantitative estimate of drug-likeness (QED) is 0.425. The topological polar surface area (TPSA) is 37.3 Å². The van der Waals surface area contributed by atoms with Gasteiger partial charge in [0.2, 0.25) is 0 Å². The van der Waals surface area contributed by atoms with Gasteiger partial charge in [0.1, 0.15) is 0 Å². The van der Waals surface area contributed by atoms with Gasteiger partial charge in [0.15, 0.2) is 0 Å².